The topological polar surface area (TPSA) is 44.3 Å². The van der Waals surface area contributed by atoms with E-state index in [1.165, 1.54) is 65.0 Å². The Bertz CT molecular complexity index is 3000. The van der Waals surface area contributed by atoms with Crippen LogP contribution in [0, 0.1) is 19.8 Å². The Kier molecular flexibility index (Phi) is 8.09. The van der Waals surface area contributed by atoms with Gasteiger partial charge in [0.2, 0.25) is 5.90 Å². The molecule has 0 amide bonds. The third-order valence-corrected chi connectivity index (χ3v) is 12.5. The summed E-state index contributed by atoms with van der Waals surface area (Å²) in [6.07, 6.45) is 8.04. The summed E-state index contributed by atoms with van der Waals surface area (Å²) >= 11 is 0. The van der Waals surface area contributed by atoms with Crippen LogP contribution in [0.15, 0.2) is 157 Å². The molecule has 0 bridgehead atoms. The Morgan fingerprint density at radius 2 is 1.23 bits per heavy atom. The molecule has 0 radical (unpaired) electrons. The van der Waals surface area contributed by atoms with Crippen LogP contribution in [-0.2, 0) is 4.74 Å². The number of fused-ring (bicyclic) bond motifs is 6. The fraction of sp³-hybridized carbons (Fsp3) is 0.192. The van der Waals surface area contributed by atoms with Gasteiger partial charge in [-0.2, -0.15) is 0 Å². The highest BCUT2D eigenvalue weighted by Gasteiger charge is 2.39. The summed E-state index contributed by atoms with van der Waals surface area (Å²) in [5.74, 6) is 1.25. The minimum atomic E-state index is -0.101. The average Bonchev–Trinajstić information content (AvgIpc) is 3.95. The van der Waals surface area contributed by atoms with Crippen molar-refractivity contribution in [2.75, 3.05) is 0 Å². The van der Waals surface area contributed by atoms with Crippen LogP contribution in [0.3, 0.4) is 0 Å². The maximum absolute atomic E-state index is 7.04. The third kappa shape index (κ3) is 5.75. The summed E-state index contributed by atoms with van der Waals surface area (Å²) in [5.41, 5.74) is 13.5. The van der Waals surface area contributed by atoms with Gasteiger partial charge in [-0.1, -0.05) is 109 Å². The van der Waals surface area contributed by atoms with E-state index in [9.17, 15) is 0 Å². The number of pyridine rings is 1. The summed E-state index contributed by atoms with van der Waals surface area (Å²) in [4.78, 5) is 10.5. The first-order valence-corrected chi connectivity index (χ1v) is 20.5. The lowest BCUT2D eigenvalue weighted by Gasteiger charge is -2.29. The van der Waals surface area contributed by atoms with Gasteiger partial charge in [0.25, 0.3) is 0 Å². The van der Waals surface area contributed by atoms with Crippen molar-refractivity contribution in [1.29, 1.82) is 0 Å². The van der Waals surface area contributed by atoms with Crippen molar-refractivity contribution < 1.29 is 4.74 Å². The second kappa shape index (κ2) is 13.6. The molecule has 6 aromatic carbocycles. The van der Waals surface area contributed by atoms with Crippen LogP contribution in [0.1, 0.15) is 60.5 Å². The van der Waals surface area contributed by atoms with Crippen molar-refractivity contribution in [3.63, 3.8) is 0 Å². The summed E-state index contributed by atoms with van der Waals surface area (Å²) in [6, 6.07) is 53.1. The first-order chi connectivity index (χ1) is 28.1. The van der Waals surface area contributed by atoms with E-state index in [1.807, 2.05) is 12.3 Å². The summed E-state index contributed by atoms with van der Waals surface area (Å²) < 4.78 is 11.8. The monoisotopic (exact) mass is 740 g/mol. The second-order valence-corrected chi connectivity index (χ2v) is 16.2. The van der Waals surface area contributed by atoms with E-state index >= 15 is 0 Å². The van der Waals surface area contributed by atoms with Gasteiger partial charge in [-0.3, -0.25) is 4.57 Å². The highest BCUT2D eigenvalue weighted by Crippen LogP contribution is 2.42. The van der Waals surface area contributed by atoms with E-state index in [-0.39, 0.29) is 12.1 Å². The number of hydrogen-bond acceptors (Lipinski definition) is 3. The van der Waals surface area contributed by atoms with Gasteiger partial charge in [0.1, 0.15) is 11.8 Å². The SMILES string of the molecule is Cc1ccc2c(c1)c1ccc(-n3c4ccc(C)cc4c4cccnc43)cc1n2-c1cc(C2=N[C@H](C3CCCCC3)[C@@H](c3ccccc3)O2)cc(-c2ccccc2)c1. The van der Waals surface area contributed by atoms with Gasteiger partial charge < -0.3 is 9.30 Å². The molecular formula is C52H44N4O. The molecule has 0 saturated heterocycles. The first kappa shape index (κ1) is 33.8. The molecule has 4 heterocycles. The number of aliphatic imine (C=N–C) groups is 1. The minimum absolute atomic E-state index is 0.0916. The zero-order valence-electron chi connectivity index (χ0n) is 32.4. The van der Waals surface area contributed by atoms with E-state index in [0.717, 1.165) is 61.5 Å². The standard InChI is InChI=1S/C52H44N4O/c1-33-20-24-46-44(27-33)42-23-22-40(56-47-25-21-34(2)28-45(47)43-19-12-26-53-51(43)56)32-48(42)55(46)41-30-38(35-13-6-3-7-14-35)29-39(31-41)52-54-49(36-15-8-4-9-16-36)50(57-52)37-17-10-5-11-18-37/h3,5-7,10-14,17-32,36,49-50H,4,8-9,15-16H2,1-2H3/t49-,50-/m1/s1. The van der Waals surface area contributed by atoms with Gasteiger partial charge in [-0.15, -0.1) is 0 Å². The van der Waals surface area contributed by atoms with Gasteiger partial charge in [0.05, 0.1) is 22.6 Å². The minimum Gasteiger partial charge on any atom is -0.467 e. The molecule has 5 nitrogen and oxygen atoms in total. The molecular weight excluding hydrogens is 697 g/mol. The summed E-state index contributed by atoms with van der Waals surface area (Å²) in [7, 11) is 0. The largest absolute Gasteiger partial charge is 0.467 e. The Morgan fingerprint density at radius 3 is 2.00 bits per heavy atom. The van der Waals surface area contributed by atoms with Crippen LogP contribution >= 0.6 is 0 Å². The smallest absolute Gasteiger partial charge is 0.217 e. The molecule has 1 aliphatic heterocycles. The van der Waals surface area contributed by atoms with Gasteiger partial charge in [-0.25, -0.2) is 9.98 Å². The maximum atomic E-state index is 7.04. The van der Waals surface area contributed by atoms with Gasteiger partial charge in [0.15, 0.2) is 0 Å². The van der Waals surface area contributed by atoms with Crippen LogP contribution < -0.4 is 0 Å². The first-order valence-electron chi connectivity index (χ1n) is 20.5. The van der Waals surface area contributed by atoms with Crippen molar-refractivity contribution in [2.24, 2.45) is 10.9 Å². The molecule has 0 N–H and O–H groups in total. The van der Waals surface area contributed by atoms with Crippen molar-refractivity contribution >= 4 is 49.6 Å². The third-order valence-electron chi connectivity index (χ3n) is 12.5. The van der Waals surface area contributed by atoms with Crippen molar-refractivity contribution in [2.45, 2.75) is 58.1 Å². The van der Waals surface area contributed by atoms with Gasteiger partial charge in [-0.05, 0) is 116 Å². The predicted molar refractivity (Wildman–Crippen MR) is 235 cm³/mol. The number of aromatic nitrogens is 3. The Balaban J connectivity index is 1.14. The molecule has 57 heavy (non-hydrogen) atoms. The van der Waals surface area contributed by atoms with E-state index < -0.39 is 0 Å². The normalized spacial score (nSPS) is 17.5. The maximum Gasteiger partial charge on any atom is 0.217 e. The fourth-order valence-corrected chi connectivity index (χ4v) is 9.73. The molecule has 0 spiro atoms. The number of rotatable bonds is 6. The van der Waals surface area contributed by atoms with E-state index in [1.54, 1.807) is 0 Å². The predicted octanol–water partition coefficient (Wildman–Crippen LogP) is 13.0. The van der Waals surface area contributed by atoms with Crippen LogP contribution in [0.2, 0.25) is 0 Å². The Labute approximate surface area is 332 Å². The molecule has 0 unspecified atom stereocenters. The second-order valence-electron chi connectivity index (χ2n) is 16.2. The van der Waals surface area contributed by atoms with E-state index in [4.69, 9.17) is 14.7 Å². The van der Waals surface area contributed by atoms with E-state index in [2.05, 4.69) is 163 Å². The lowest BCUT2D eigenvalue weighted by atomic mass is 9.81. The van der Waals surface area contributed by atoms with Crippen molar-refractivity contribution in [3.05, 3.63) is 174 Å². The number of benzene rings is 6. The molecule has 1 saturated carbocycles. The molecule has 11 rings (SSSR count). The Morgan fingerprint density at radius 1 is 0.526 bits per heavy atom. The van der Waals surface area contributed by atoms with Crippen LogP contribution in [0.4, 0.5) is 0 Å². The lowest BCUT2D eigenvalue weighted by Crippen LogP contribution is -2.25. The summed E-state index contributed by atoms with van der Waals surface area (Å²) in [5, 5.41) is 4.82. The lowest BCUT2D eigenvalue weighted by molar-refractivity contribution is 0.150. The number of hydrogen-bond donors (Lipinski definition) is 0. The number of ether oxygens (including phenoxy) is 1. The van der Waals surface area contributed by atoms with Crippen LogP contribution in [0.5, 0.6) is 0 Å². The molecule has 3 aromatic heterocycles. The number of aryl methyl sites for hydroxylation is 2. The highest BCUT2D eigenvalue weighted by atomic mass is 16.5. The molecule has 2 aliphatic rings. The fourth-order valence-electron chi connectivity index (χ4n) is 9.73. The highest BCUT2D eigenvalue weighted by molar-refractivity contribution is 6.12. The quantitative estimate of drug-likeness (QED) is 0.170. The average molecular weight is 741 g/mol. The summed E-state index contributed by atoms with van der Waals surface area (Å²) in [6.45, 7) is 4.34. The molecule has 278 valence electrons. The molecule has 1 aliphatic carbocycles. The zero-order valence-corrected chi connectivity index (χ0v) is 32.4. The molecule has 9 aromatic rings. The van der Waals surface area contributed by atoms with E-state index in [0.29, 0.717) is 5.92 Å². The number of nitrogens with zero attached hydrogens (tertiary/aromatic N) is 4. The zero-order chi connectivity index (χ0) is 38.0. The van der Waals surface area contributed by atoms with Gasteiger partial charge in [0, 0.05) is 44.7 Å². The van der Waals surface area contributed by atoms with Crippen LogP contribution in [-0.4, -0.2) is 26.1 Å². The Hall–Kier alpha value is -6.46. The molecule has 5 heteroatoms. The van der Waals surface area contributed by atoms with Gasteiger partial charge >= 0.3 is 0 Å². The van der Waals surface area contributed by atoms with Crippen LogP contribution in [0.25, 0.3) is 66.2 Å². The van der Waals surface area contributed by atoms with Crippen molar-refractivity contribution in [1.82, 2.24) is 14.1 Å². The molecule has 1 fully saturated rings. The molecule has 2 atom stereocenters. The van der Waals surface area contributed by atoms with Crippen molar-refractivity contribution in [3.8, 4) is 22.5 Å².